The minimum absolute atomic E-state index is 0.0127. The molecule has 2 fully saturated rings. The molecule has 1 aromatic heterocycles. The number of aryl methyl sites for hydroxylation is 2. The lowest BCUT2D eigenvalue weighted by molar-refractivity contribution is -0.193. The number of ether oxygens (including phenoxy) is 2. The Morgan fingerprint density at radius 2 is 1.62 bits per heavy atom. The van der Waals surface area contributed by atoms with Crippen LogP contribution < -0.4 is 9.46 Å². The molecule has 0 saturated heterocycles. The third-order valence-corrected chi connectivity index (χ3v) is 11.8. The maximum Gasteiger partial charge on any atom is 0.410 e. The molecule has 2 saturated carbocycles. The first-order chi connectivity index (χ1) is 24.9. The highest BCUT2D eigenvalue weighted by Crippen LogP contribution is 2.61. The molecule has 11 nitrogen and oxygen atoms in total. The first-order valence-electron chi connectivity index (χ1n) is 17.8. The number of aldehydes is 1. The van der Waals surface area contributed by atoms with Crippen molar-refractivity contribution in [3.63, 3.8) is 0 Å². The summed E-state index contributed by atoms with van der Waals surface area (Å²) >= 11 is 0. The number of hydrogen-bond acceptors (Lipinski definition) is 9. The van der Waals surface area contributed by atoms with Gasteiger partial charge in [-0.25, -0.2) is 22.9 Å². The number of aromatic nitrogens is 2. The van der Waals surface area contributed by atoms with Crippen LogP contribution in [0.3, 0.4) is 0 Å². The number of nitrogens with one attached hydrogen (secondary N) is 1. The van der Waals surface area contributed by atoms with Crippen molar-refractivity contribution in [3.8, 4) is 17.1 Å². The Labute approximate surface area is 309 Å². The third-order valence-electron chi connectivity index (χ3n) is 10.5. The zero-order valence-corrected chi connectivity index (χ0v) is 31.8. The Balaban J connectivity index is 1.42. The molecular weight excluding hydrogens is 712 g/mol. The van der Waals surface area contributed by atoms with Crippen LogP contribution >= 0.6 is 0 Å². The summed E-state index contributed by atoms with van der Waals surface area (Å²) in [5.74, 6) is -0.310. The van der Waals surface area contributed by atoms with Gasteiger partial charge in [0.15, 0.2) is 0 Å². The van der Waals surface area contributed by atoms with Crippen molar-refractivity contribution in [2.75, 3.05) is 25.4 Å². The van der Waals surface area contributed by atoms with E-state index >= 15 is 0 Å². The molecule has 0 bridgehead atoms. The van der Waals surface area contributed by atoms with Crippen LogP contribution in [0.15, 0.2) is 53.4 Å². The van der Waals surface area contributed by atoms with E-state index in [-0.39, 0.29) is 66.3 Å². The van der Waals surface area contributed by atoms with E-state index < -0.39 is 33.7 Å². The lowest BCUT2D eigenvalue weighted by atomic mass is 9.87. The summed E-state index contributed by atoms with van der Waals surface area (Å²) in [5.41, 5.74) is 1.17. The van der Waals surface area contributed by atoms with E-state index in [2.05, 4.69) is 14.7 Å². The van der Waals surface area contributed by atoms with Crippen molar-refractivity contribution in [3.05, 3.63) is 65.2 Å². The second-order valence-electron chi connectivity index (χ2n) is 14.6. The average molecular weight is 760 g/mol. The fourth-order valence-electron chi connectivity index (χ4n) is 7.12. The molecular formula is C38H48F3N5O6S. The molecule has 1 amide bonds. The number of halogens is 3. The van der Waals surface area contributed by atoms with Crippen LogP contribution in [0.1, 0.15) is 80.3 Å². The number of carbonyl (C=O) groups is 2. The molecule has 53 heavy (non-hydrogen) atoms. The Hall–Kier alpha value is -4.24. The summed E-state index contributed by atoms with van der Waals surface area (Å²) in [4.78, 5) is 36.1. The summed E-state index contributed by atoms with van der Waals surface area (Å²) < 4.78 is 83.8. The van der Waals surface area contributed by atoms with Gasteiger partial charge in [0.05, 0.1) is 22.1 Å². The highest BCUT2D eigenvalue weighted by Gasteiger charge is 2.63. The number of benzene rings is 2. The van der Waals surface area contributed by atoms with Gasteiger partial charge >= 0.3 is 12.3 Å². The molecule has 5 rings (SSSR count). The quantitative estimate of drug-likeness (QED) is 0.165. The number of rotatable bonds is 14. The summed E-state index contributed by atoms with van der Waals surface area (Å²) in [7, 11) is -0.724. The number of amides is 1. The van der Waals surface area contributed by atoms with E-state index in [0.717, 1.165) is 16.7 Å². The van der Waals surface area contributed by atoms with Gasteiger partial charge in [0, 0.05) is 42.4 Å². The largest absolute Gasteiger partial charge is 0.476 e. The highest BCUT2D eigenvalue weighted by atomic mass is 32.2. The van der Waals surface area contributed by atoms with Crippen LogP contribution in [0.25, 0.3) is 11.3 Å². The molecule has 0 spiro atoms. The fraction of sp³-hybridized carbons (Fsp3) is 0.526. The van der Waals surface area contributed by atoms with Crippen LogP contribution in [0, 0.1) is 19.3 Å². The molecule has 0 radical (unpaired) electrons. The molecule has 2 aliphatic rings. The van der Waals surface area contributed by atoms with Crippen molar-refractivity contribution in [1.29, 1.82) is 0 Å². The summed E-state index contributed by atoms with van der Waals surface area (Å²) in [5, 5.41) is 0. The minimum atomic E-state index is -4.37. The minimum Gasteiger partial charge on any atom is -0.476 e. The fourth-order valence-corrected chi connectivity index (χ4v) is 8.12. The lowest BCUT2D eigenvalue weighted by Gasteiger charge is -2.42. The Morgan fingerprint density at radius 3 is 2.21 bits per heavy atom. The number of likely N-dealkylation sites (N-methyl/N-ethyl adjacent to an activating group) is 1. The zero-order chi connectivity index (χ0) is 38.7. The molecule has 1 N–H and O–H groups in total. The van der Waals surface area contributed by atoms with Gasteiger partial charge in [-0.1, -0.05) is 30.3 Å². The molecule has 2 aliphatic carbocycles. The molecule has 0 aliphatic heterocycles. The van der Waals surface area contributed by atoms with Crippen molar-refractivity contribution >= 4 is 28.4 Å². The average Bonchev–Trinajstić information content (AvgIpc) is 3.90. The van der Waals surface area contributed by atoms with Crippen molar-refractivity contribution in [2.45, 2.75) is 108 Å². The molecule has 3 aromatic rings. The normalized spacial score (nSPS) is 19.1. The maximum atomic E-state index is 14.3. The Morgan fingerprint density at radius 1 is 1.00 bits per heavy atom. The van der Waals surface area contributed by atoms with E-state index in [0.29, 0.717) is 37.7 Å². The number of nitrogens with zero attached hydrogens (tertiary/aromatic N) is 4. The molecule has 1 heterocycles. The predicted octanol–water partition coefficient (Wildman–Crippen LogP) is 7.57. The van der Waals surface area contributed by atoms with Gasteiger partial charge in [-0.3, -0.25) is 9.69 Å². The number of sulfonamides is 1. The molecule has 15 heteroatoms. The van der Waals surface area contributed by atoms with E-state index in [1.165, 1.54) is 24.3 Å². The first-order valence-corrected chi connectivity index (χ1v) is 19.3. The van der Waals surface area contributed by atoms with Crippen LogP contribution in [0.5, 0.6) is 5.88 Å². The van der Waals surface area contributed by atoms with Gasteiger partial charge in [0.25, 0.3) is 10.0 Å². The number of hydrogen-bond donors (Lipinski definition) is 1. The predicted molar refractivity (Wildman–Crippen MR) is 194 cm³/mol. The van der Waals surface area contributed by atoms with Gasteiger partial charge in [-0.2, -0.15) is 18.2 Å². The van der Waals surface area contributed by atoms with Gasteiger partial charge in [-0.15, -0.1) is 0 Å². The van der Waals surface area contributed by atoms with E-state index in [1.54, 1.807) is 31.9 Å². The van der Waals surface area contributed by atoms with Crippen molar-refractivity contribution in [1.82, 2.24) is 19.8 Å². The number of carbonyl (C=O) groups excluding carboxylic acids is 2. The standard InChI is InChI=1S/C38H48F3N5O6S/c1-24(2)52-36(48)46(6)29-15-13-28(14-16-29)45(5)30(21-37(17-18-37)38(39,40)41)23-51-33-20-32(34-25(3)9-7-10-26(34)4)42-35(43-33)44-53(49,50)31-12-8-11-27(19-31)22-47/h7-12,19-20,22,24,28-30H,13-18,21,23H2,1-6H3,(H,42,43,44)/t28?,29?,30-/m1/s1. The first kappa shape index (κ1) is 40.0. The van der Waals surface area contributed by atoms with Crippen molar-refractivity contribution in [2.24, 2.45) is 5.41 Å². The monoisotopic (exact) mass is 759 g/mol. The smallest absolute Gasteiger partial charge is 0.410 e. The van der Waals surface area contributed by atoms with Crippen LogP contribution in [-0.2, 0) is 14.8 Å². The van der Waals surface area contributed by atoms with Crippen LogP contribution in [0.2, 0.25) is 0 Å². The molecule has 1 atom stereocenters. The molecule has 288 valence electrons. The van der Waals surface area contributed by atoms with Gasteiger partial charge < -0.3 is 14.4 Å². The van der Waals surface area contributed by atoms with Crippen molar-refractivity contribution < 1.29 is 40.7 Å². The van der Waals surface area contributed by atoms with Crippen LogP contribution in [0.4, 0.5) is 23.9 Å². The second-order valence-corrected chi connectivity index (χ2v) is 16.3. The van der Waals surface area contributed by atoms with Gasteiger partial charge in [0.1, 0.15) is 12.9 Å². The zero-order valence-electron chi connectivity index (χ0n) is 30.9. The van der Waals surface area contributed by atoms with E-state index in [1.807, 2.05) is 44.0 Å². The molecule has 0 unspecified atom stereocenters. The second kappa shape index (κ2) is 16.0. The molecule has 2 aromatic carbocycles. The Kier molecular flexibility index (Phi) is 12.1. The number of anilines is 1. The van der Waals surface area contributed by atoms with Gasteiger partial charge in [0.2, 0.25) is 11.8 Å². The van der Waals surface area contributed by atoms with Gasteiger partial charge in [-0.05, 0) is 103 Å². The summed E-state index contributed by atoms with van der Waals surface area (Å²) in [6.07, 6.45) is -1.92. The lowest BCUT2D eigenvalue weighted by Crippen LogP contribution is -2.49. The highest BCUT2D eigenvalue weighted by molar-refractivity contribution is 7.92. The van der Waals surface area contributed by atoms with Crippen LogP contribution in [-0.4, -0.2) is 91.7 Å². The van der Waals surface area contributed by atoms with E-state index in [4.69, 9.17) is 9.47 Å². The summed E-state index contributed by atoms with van der Waals surface area (Å²) in [6.45, 7) is 7.20. The SMILES string of the molecule is Cc1cccc(C)c1-c1cc(OC[C@@H](CC2(C(F)(F)F)CC2)N(C)C2CCC(N(C)C(=O)OC(C)C)CC2)nc(NS(=O)(=O)c2cccc(C=O)c2)n1. The Bertz CT molecular complexity index is 1870. The maximum absolute atomic E-state index is 14.3. The summed E-state index contributed by atoms with van der Waals surface area (Å²) in [6, 6.07) is 11.9. The number of alkyl halides is 3. The third kappa shape index (κ3) is 9.47. The van der Waals surface area contributed by atoms with E-state index in [9.17, 15) is 31.2 Å². The topological polar surface area (TPSA) is 131 Å².